The van der Waals surface area contributed by atoms with Crippen molar-refractivity contribution in [3.8, 4) is 5.75 Å². The molecule has 136 valence electrons. The van der Waals surface area contributed by atoms with Gasteiger partial charge in [0, 0.05) is 6.20 Å². The van der Waals surface area contributed by atoms with Crippen LogP contribution in [-0.4, -0.2) is 35.7 Å². The summed E-state index contributed by atoms with van der Waals surface area (Å²) in [7, 11) is -3.31. The average molecular weight is 372 g/mol. The van der Waals surface area contributed by atoms with Gasteiger partial charge in [-0.3, -0.25) is 0 Å². The van der Waals surface area contributed by atoms with Gasteiger partial charge < -0.3 is 15.0 Å². The maximum Gasteiger partial charge on any atom is 0.185 e. The number of ether oxygens (including phenoxy) is 1. The van der Waals surface area contributed by atoms with E-state index in [1.165, 1.54) is 6.33 Å². The quantitative estimate of drug-likeness (QED) is 0.731. The van der Waals surface area contributed by atoms with E-state index in [0.29, 0.717) is 11.6 Å². The first kappa shape index (κ1) is 16.8. The Bertz CT molecular complexity index is 1060. The van der Waals surface area contributed by atoms with Crippen LogP contribution in [0.5, 0.6) is 5.75 Å². The fourth-order valence-electron chi connectivity index (χ4n) is 3.22. The van der Waals surface area contributed by atoms with Gasteiger partial charge in [0.05, 0.1) is 17.2 Å². The zero-order chi connectivity index (χ0) is 18.3. The van der Waals surface area contributed by atoms with Crippen LogP contribution >= 0.6 is 0 Å². The van der Waals surface area contributed by atoms with Crippen LogP contribution < -0.4 is 10.1 Å². The summed E-state index contributed by atoms with van der Waals surface area (Å²) in [5, 5.41) is 4.35. The number of sulfone groups is 1. The second-order valence-corrected chi connectivity index (χ2v) is 8.78. The second-order valence-electron chi connectivity index (χ2n) is 6.70. The third-order valence-electron chi connectivity index (χ3n) is 4.58. The molecule has 3 aromatic rings. The van der Waals surface area contributed by atoms with Crippen LogP contribution in [0, 0.1) is 5.92 Å². The Morgan fingerprint density at radius 2 is 2.08 bits per heavy atom. The van der Waals surface area contributed by atoms with E-state index in [2.05, 4.69) is 34.1 Å². The number of H-pyrrole nitrogens is 1. The van der Waals surface area contributed by atoms with E-state index in [1.807, 2.05) is 18.3 Å². The van der Waals surface area contributed by atoms with Crippen LogP contribution in [0.15, 0.2) is 41.7 Å². The van der Waals surface area contributed by atoms with Gasteiger partial charge in [-0.2, -0.15) is 0 Å². The highest BCUT2D eigenvalue weighted by atomic mass is 32.2. The monoisotopic (exact) mass is 372 g/mol. The summed E-state index contributed by atoms with van der Waals surface area (Å²) in [5.41, 5.74) is 1.64. The van der Waals surface area contributed by atoms with Crippen molar-refractivity contribution in [1.82, 2.24) is 15.0 Å². The van der Waals surface area contributed by atoms with Crippen LogP contribution in [0.2, 0.25) is 0 Å². The standard InChI is InChI=1S/C18H20N4O3S/c1-11(2)16(22-18-13-5-6-19-17(13)20-10-21-18)12-3-4-14-15(9-12)26(23,24)8-7-25-14/h3-6,9-11,16H,7-8H2,1-2H3,(H2,19,20,21,22)/t16-/m1/s1. The van der Waals surface area contributed by atoms with Crippen LogP contribution in [0.4, 0.5) is 5.82 Å². The maximum atomic E-state index is 12.4. The van der Waals surface area contributed by atoms with Crippen molar-refractivity contribution < 1.29 is 13.2 Å². The van der Waals surface area contributed by atoms with E-state index in [9.17, 15) is 8.42 Å². The van der Waals surface area contributed by atoms with Gasteiger partial charge >= 0.3 is 0 Å². The van der Waals surface area contributed by atoms with Gasteiger partial charge in [0.15, 0.2) is 9.84 Å². The van der Waals surface area contributed by atoms with E-state index in [0.717, 1.165) is 16.6 Å². The summed E-state index contributed by atoms with van der Waals surface area (Å²) in [6.07, 6.45) is 3.32. The molecule has 2 aromatic heterocycles. The van der Waals surface area contributed by atoms with Gasteiger partial charge in [-0.25, -0.2) is 18.4 Å². The second kappa shape index (κ2) is 6.28. The molecule has 2 N–H and O–H groups in total. The number of nitrogens with zero attached hydrogens (tertiary/aromatic N) is 2. The highest BCUT2D eigenvalue weighted by molar-refractivity contribution is 7.91. The van der Waals surface area contributed by atoms with Crippen LogP contribution in [0.1, 0.15) is 25.5 Å². The number of aromatic amines is 1. The van der Waals surface area contributed by atoms with Crippen molar-refractivity contribution in [2.45, 2.75) is 24.8 Å². The molecule has 1 aromatic carbocycles. The SMILES string of the molecule is CC(C)[C@@H](Nc1ncnc2[nH]ccc12)c1ccc2c(c1)S(=O)(=O)CCO2. The number of fused-ring (bicyclic) bond motifs is 2. The summed E-state index contributed by atoms with van der Waals surface area (Å²) in [6, 6.07) is 7.18. The lowest BCUT2D eigenvalue weighted by Crippen LogP contribution is -2.23. The molecular formula is C18H20N4O3S. The van der Waals surface area contributed by atoms with Gasteiger partial charge in [-0.15, -0.1) is 0 Å². The maximum absolute atomic E-state index is 12.4. The fraction of sp³-hybridized carbons (Fsp3) is 0.333. The molecule has 0 fully saturated rings. The number of aromatic nitrogens is 3. The number of hydrogen-bond donors (Lipinski definition) is 2. The van der Waals surface area contributed by atoms with Gasteiger partial charge in [0.2, 0.25) is 0 Å². The third-order valence-corrected chi connectivity index (χ3v) is 6.28. The van der Waals surface area contributed by atoms with E-state index in [4.69, 9.17) is 4.74 Å². The van der Waals surface area contributed by atoms with Gasteiger partial charge in [-0.1, -0.05) is 19.9 Å². The molecular weight excluding hydrogens is 352 g/mol. The molecule has 4 rings (SSSR count). The minimum atomic E-state index is -3.31. The smallest absolute Gasteiger partial charge is 0.185 e. The Morgan fingerprint density at radius 3 is 2.88 bits per heavy atom. The van der Waals surface area contributed by atoms with Crippen molar-refractivity contribution >= 4 is 26.7 Å². The fourth-order valence-corrected chi connectivity index (χ4v) is 4.49. The van der Waals surface area contributed by atoms with Crippen molar-refractivity contribution in [2.75, 3.05) is 17.7 Å². The molecule has 8 heteroatoms. The summed E-state index contributed by atoms with van der Waals surface area (Å²) >= 11 is 0. The Morgan fingerprint density at radius 1 is 1.23 bits per heavy atom. The summed E-state index contributed by atoms with van der Waals surface area (Å²) in [4.78, 5) is 11.9. The molecule has 0 saturated carbocycles. The molecule has 0 aliphatic carbocycles. The molecule has 0 saturated heterocycles. The largest absolute Gasteiger partial charge is 0.491 e. The predicted molar refractivity (Wildman–Crippen MR) is 99.1 cm³/mol. The first-order valence-corrected chi connectivity index (χ1v) is 10.1. The highest BCUT2D eigenvalue weighted by Crippen LogP contribution is 2.35. The van der Waals surface area contributed by atoms with Crippen molar-refractivity contribution in [2.24, 2.45) is 5.92 Å². The first-order valence-electron chi connectivity index (χ1n) is 8.50. The molecule has 1 aliphatic rings. The zero-order valence-electron chi connectivity index (χ0n) is 14.6. The molecule has 1 atom stereocenters. The van der Waals surface area contributed by atoms with Crippen molar-refractivity contribution in [1.29, 1.82) is 0 Å². The lowest BCUT2D eigenvalue weighted by Gasteiger charge is -2.26. The lowest BCUT2D eigenvalue weighted by atomic mass is 9.95. The average Bonchev–Trinajstić information content (AvgIpc) is 3.08. The van der Waals surface area contributed by atoms with E-state index in [-0.39, 0.29) is 29.2 Å². The lowest BCUT2D eigenvalue weighted by molar-refractivity contribution is 0.322. The topological polar surface area (TPSA) is 97.0 Å². The third kappa shape index (κ3) is 2.90. The number of anilines is 1. The number of nitrogens with one attached hydrogen (secondary N) is 2. The van der Waals surface area contributed by atoms with E-state index >= 15 is 0 Å². The van der Waals surface area contributed by atoms with Gasteiger partial charge in [0.1, 0.15) is 35.0 Å². The molecule has 26 heavy (non-hydrogen) atoms. The molecule has 0 amide bonds. The number of benzene rings is 1. The minimum Gasteiger partial charge on any atom is -0.491 e. The predicted octanol–water partition coefficient (Wildman–Crippen LogP) is 2.93. The van der Waals surface area contributed by atoms with Crippen LogP contribution in [0.3, 0.4) is 0 Å². The Balaban J connectivity index is 1.75. The number of rotatable bonds is 4. The molecule has 7 nitrogen and oxygen atoms in total. The Kier molecular flexibility index (Phi) is 4.07. The molecule has 0 unspecified atom stereocenters. The molecule has 0 bridgehead atoms. The van der Waals surface area contributed by atoms with E-state index in [1.54, 1.807) is 12.1 Å². The van der Waals surface area contributed by atoms with E-state index < -0.39 is 9.84 Å². The van der Waals surface area contributed by atoms with Crippen LogP contribution in [-0.2, 0) is 9.84 Å². The van der Waals surface area contributed by atoms with Crippen molar-refractivity contribution in [3.63, 3.8) is 0 Å². The zero-order valence-corrected chi connectivity index (χ0v) is 15.4. The minimum absolute atomic E-state index is 0.0130. The Hall–Kier alpha value is -2.61. The summed E-state index contributed by atoms with van der Waals surface area (Å²) in [5.74, 6) is 1.37. The van der Waals surface area contributed by atoms with Crippen molar-refractivity contribution in [3.05, 3.63) is 42.4 Å². The normalized spacial score (nSPS) is 16.9. The highest BCUT2D eigenvalue weighted by Gasteiger charge is 2.27. The molecule has 0 spiro atoms. The Labute approximate surface area is 151 Å². The van der Waals surface area contributed by atoms with Gasteiger partial charge in [0.25, 0.3) is 0 Å². The number of hydrogen-bond acceptors (Lipinski definition) is 6. The first-order chi connectivity index (χ1) is 12.5. The summed E-state index contributed by atoms with van der Waals surface area (Å²) < 4.78 is 30.3. The molecule has 0 radical (unpaired) electrons. The van der Waals surface area contributed by atoms with Gasteiger partial charge in [-0.05, 0) is 29.7 Å². The van der Waals surface area contributed by atoms with Crippen LogP contribution in [0.25, 0.3) is 11.0 Å². The molecule has 1 aliphatic heterocycles. The summed E-state index contributed by atoms with van der Waals surface area (Å²) in [6.45, 7) is 4.36. The molecule has 3 heterocycles.